The van der Waals surface area contributed by atoms with Crippen molar-refractivity contribution in [2.75, 3.05) is 13.2 Å². The van der Waals surface area contributed by atoms with Crippen LogP contribution >= 0.6 is 0 Å². The number of benzene rings is 4. The van der Waals surface area contributed by atoms with E-state index in [0.29, 0.717) is 0 Å². The Morgan fingerprint density at radius 3 is 0.750 bits per heavy atom. The van der Waals surface area contributed by atoms with Crippen molar-refractivity contribution in [2.24, 2.45) is 0 Å². The molecule has 0 amide bonds. The zero-order valence-corrected chi connectivity index (χ0v) is 37.3. The summed E-state index contributed by atoms with van der Waals surface area (Å²) in [6.45, 7) is 6.04. The van der Waals surface area contributed by atoms with Crippen LogP contribution in [-0.2, 0) is 0 Å². The zero-order chi connectivity index (χ0) is 42.0. The lowest BCUT2D eigenvalue weighted by Crippen LogP contribution is -2.10. The molecule has 0 spiro atoms. The Balaban J connectivity index is 1.18. The molecule has 0 aromatic heterocycles. The van der Waals surface area contributed by atoms with Crippen molar-refractivity contribution in [1.82, 2.24) is 0 Å². The molecule has 2 N–H and O–H groups in total. The van der Waals surface area contributed by atoms with Gasteiger partial charge in [-0.3, -0.25) is 0 Å². The van der Waals surface area contributed by atoms with E-state index in [9.17, 15) is 10.2 Å². The molecule has 0 saturated heterocycles. The van der Waals surface area contributed by atoms with E-state index in [0.717, 1.165) is 82.1 Å². The quantitative estimate of drug-likeness (QED) is 0.0482. The predicted molar refractivity (Wildman–Crippen MR) is 256 cm³/mol. The summed E-state index contributed by atoms with van der Waals surface area (Å²) in [5.41, 5.74) is 8.83. The summed E-state index contributed by atoms with van der Waals surface area (Å²) in [4.78, 5) is 0. The maximum atomic E-state index is 10.2. The van der Waals surface area contributed by atoms with E-state index in [4.69, 9.17) is 9.47 Å². The average molecular weight is 813 g/mol. The van der Waals surface area contributed by atoms with Gasteiger partial charge in [-0.05, 0) is 106 Å². The third-order valence-corrected chi connectivity index (χ3v) is 12.1. The molecule has 1 aliphatic carbocycles. The van der Waals surface area contributed by atoms with E-state index >= 15 is 0 Å². The van der Waals surface area contributed by atoms with Crippen LogP contribution in [0.15, 0.2) is 97.1 Å². The number of ether oxygens (including phenoxy) is 2. The molecule has 0 heterocycles. The molecule has 4 nitrogen and oxygen atoms in total. The van der Waals surface area contributed by atoms with Crippen molar-refractivity contribution in [3.05, 3.63) is 119 Å². The molecule has 0 bridgehead atoms. The van der Waals surface area contributed by atoms with Crippen molar-refractivity contribution in [3.63, 3.8) is 0 Å². The molecule has 4 aromatic carbocycles. The van der Waals surface area contributed by atoms with Crippen LogP contribution in [0.4, 0.5) is 0 Å². The van der Waals surface area contributed by atoms with Crippen molar-refractivity contribution in [2.45, 2.75) is 168 Å². The van der Waals surface area contributed by atoms with E-state index in [2.05, 4.69) is 62.4 Å². The summed E-state index contributed by atoms with van der Waals surface area (Å²) < 4.78 is 12.5. The molecule has 4 aromatic rings. The third kappa shape index (κ3) is 15.5. The van der Waals surface area contributed by atoms with E-state index in [1.54, 1.807) is 24.3 Å². The van der Waals surface area contributed by atoms with Crippen LogP contribution in [0.5, 0.6) is 23.0 Å². The number of hydrogen-bond donors (Lipinski definition) is 2. The minimum atomic E-state index is 0.240. The highest BCUT2D eigenvalue weighted by Gasteiger charge is 2.33. The third-order valence-electron chi connectivity index (χ3n) is 12.1. The first-order chi connectivity index (χ1) is 29.6. The smallest absolute Gasteiger partial charge is 0.119 e. The van der Waals surface area contributed by atoms with Crippen molar-refractivity contribution in [3.8, 4) is 23.0 Å². The summed E-state index contributed by atoms with van der Waals surface area (Å²) in [6, 6.07) is 32.0. The van der Waals surface area contributed by atoms with Gasteiger partial charge < -0.3 is 19.7 Å². The number of hydrogen-bond acceptors (Lipinski definition) is 4. The average Bonchev–Trinajstić information content (AvgIpc) is 3.26. The SMILES string of the molecule is CCCCCCCCCCCCCCOc1ccc(C2=C(c3ccc(OCCCCCCCCCCCCCC)cc3)C(c3ccc(O)cc3)=C2c2ccc(O)cc2)cc1. The van der Waals surface area contributed by atoms with E-state index in [-0.39, 0.29) is 11.5 Å². The van der Waals surface area contributed by atoms with E-state index in [1.165, 1.54) is 141 Å². The number of rotatable bonds is 32. The topological polar surface area (TPSA) is 58.9 Å². The first-order valence-corrected chi connectivity index (χ1v) is 24.1. The first kappa shape index (κ1) is 46.6. The number of unbranched alkanes of at least 4 members (excludes halogenated alkanes) is 22. The molecule has 1 aliphatic rings. The molecule has 0 fully saturated rings. The minimum absolute atomic E-state index is 0.240. The predicted octanol–water partition coefficient (Wildman–Crippen LogP) is 16.8. The van der Waals surface area contributed by atoms with Gasteiger partial charge in [0.2, 0.25) is 0 Å². The lowest BCUT2D eigenvalue weighted by atomic mass is 9.69. The van der Waals surface area contributed by atoms with Crippen LogP contribution in [0.2, 0.25) is 0 Å². The summed E-state index contributed by atoms with van der Waals surface area (Å²) in [5, 5.41) is 20.4. The summed E-state index contributed by atoms with van der Waals surface area (Å²) >= 11 is 0. The van der Waals surface area contributed by atoms with Crippen LogP contribution in [-0.4, -0.2) is 23.4 Å². The van der Waals surface area contributed by atoms with Gasteiger partial charge in [-0.25, -0.2) is 0 Å². The molecular weight excluding hydrogens is 737 g/mol. The monoisotopic (exact) mass is 813 g/mol. The molecule has 60 heavy (non-hydrogen) atoms. The van der Waals surface area contributed by atoms with Crippen LogP contribution in [0, 0.1) is 0 Å². The van der Waals surface area contributed by atoms with Crippen LogP contribution in [0.1, 0.15) is 190 Å². The Morgan fingerprint density at radius 1 is 0.283 bits per heavy atom. The molecule has 324 valence electrons. The normalized spacial score (nSPS) is 12.6. The van der Waals surface area contributed by atoms with Gasteiger partial charge in [0.05, 0.1) is 13.2 Å². The van der Waals surface area contributed by atoms with E-state index < -0.39 is 0 Å². The summed E-state index contributed by atoms with van der Waals surface area (Å²) in [5.74, 6) is 2.27. The highest BCUT2D eigenvalue weighted by Crippen LogP contribution is 2.56. The maximum absolute atomic E-state index is 10.2. The Morgan fingerprint density at radius 2 is 0.500 bits per heavy atom. The highest BCUT2D eigenvalue weighted by molar-refractivity contribution is 6.43. The first-order valence-electron chi connectivity index (χ1n) is 24.1. The number of phenols is 2. The lowest BCUT2D eigenvalue weighted by molar-refractivity contribution is 0.304. The molecule has 0 aliphatic heterocycles. The Bertz CT molecular complexity index is 1680. The fourth-order valence-corrected chi connectivity index (χ4v) is 8.55. The molecule has 0 saturated carbocycles. The number of phenolic OH excluding ortho intramolecular Hbond substituents is 2. The largest absolute Gasteiger partial charge is 0.508 e. The standard InChI is InChI=1S/C56H76O4/c1-3-5-7-9-11-13-15-17-19-21-23-25-43-59-51-39-31-47(32-40-51)55-53(45-27-35-49(57)36-28-45)54(46-29-37-50(58)38-30-46)56(55)48-33-41-52(42-34-48)60-44-26-24-22-20-18-16-14-12-10-8-6-4-2/h27-42,57-58H,3-26,43-44H2,1-2H3. The molecule has 5 rings (SSSR count). The van der Waals surface area contributed by atoms with Gasteiger partial charge in [-0.2, -0.15) is 0 Å². The molecule has 0 unspecified atom stereocenters. The van der Waals surface area contributed by atoms with Crippen molar-refractivity contribution < 1.29 is 19.7 Å². The maximum Gasteiger partial charge on any atom is 0.119 e. The molecule has 4 heteroatoms. The lowest BCUT2D eigenvalue weighted by Gasteiger charge is -2.33. The fraction of sp³-hybridized carbons (Fsp3) is 0.500. The van der Waals surface area contributed by atoms with Crippen molar-refractivity contribution in [1.29, 1.82) is 0 Å². The second-order valence-corrected chi connectivity index (χ2v) is 17.1. The fourth-order valence-electron chi connectivity index (χ4n) is 8.55. The van der Waals surface area contributed by atoms with Gasteiger partial charge in [0.1, 0.15) is 23.0 Å². The van der Waals surface area contributed by atoms with Crippen LogP contribution < -0.4 is 9.47 Å². The van der Waals surface area contributed by atoms with E-state index in [1.807, 2.05) is 24.3 Å². The van der Waals surface area contributed by atoms with Gasteiger partial charge in [0.15, 0.2) is 0 Å². The van der Waals surface area contributed by atoms with Gasteiger partial charge in [0, 0.05) is 0 Å². The Hall–Kier alpha value is -4.44. The van der Waals surface area contributed by atoms with Crippen LogP contribution in [0.25, 0.3) is 22.3 Å². The van der Waals surface area contributed by atoms with Gasteiger partial charge >= 0.3 is 0 Å². The van der Waals surface area contributed by atoms with Gasteiger partial charge in [0.25, 0.3) is 0 Å². The Labute approximate surface area is 364 Å². The van der Waals surface area contributed by atoms with Crippen LogP contribution in [0.3, 0.4) is 0 Å². The zero-order valence-electron chi connectivity index (χ0n) is 37.3. The van der Waals surface area contributed by atoms with Crippen molar-refractivity contribution >= 4 is 22.3 Å². The molecule has 0 radical (unpaired) electrons. The Kier molecular flexibility index (Phi) is 21.3. The van der Waals surface area contributed by atoms with Gasteiger partial charge in [-0.1, -0.05) is 204 Å². The highest BCUT2D eigenvalue weighted by atomic mass is 16.5. The van der Waals surface area contributed by atoms with Gasteiger partial charge in [-0.15, -0.1) is 0 Å². The summed E-state index contributed by atoms with van der Waals surface area (Å²) in [7, 11) is 0. The summed E-state index contributed by atoms with van der Waals surface area (Å²) in [6.07, 6.45) is 32.0. The number of allylic oxidation sites excluding steroid dienone is 4. The second kappa shape index (κ2) is 27.4. The minimum Gasteiger partial charge on any atom is -0.508 e. The number of aromatic hydroxyl groups is 2. The molecule has 0 atom stereocenters. The second-order valence-electron chi connectivity index (χ2n) is 17.1. The molecular formula is C56H76O4.